The highest BCUT2D eigenvalue weighted by Gasteiger charge is 2.13. The number of halogens is 2. The molecule has 0 saturated heterocycles. The fraction of sp³-hybridized carbons (Fsp3) is 0.214. The molecule has 0 radical (unpaired) electrons. The molecule has 0 amide bonds. The summed E-state index contributed by atoms with van der Waals surface area (Å²) in [6, 6.07) is 6.40. The molecule has 20 heavy (non-hydrogen) atoms. The third kappa shape index (κ3) is 3.80. The van der Waals surface area contributed by atoms with Gasteiger partial charge in [-0.15, -0.1) is 11.3 Å². The van der Waals surface area contributed by atoms with E-state index in [9.17, 15) is 17.8 Å². The van der Waals surface area contributed by atoms with E-state index in [1.807, 2.05) is 5.38 Å². The van der Waals surface area contributed by atoms with Crippen LogP contribution in [0.1, 0.15) is 22.5 Å². The van der Waals surface area contributed by atoms with Gasteiger partial charge in [-0.05, 0) is 36.1 Å². The average Bonchev–Trinajstić information content (AvgIpc) is 2.95. The van der Waals surface area contributed by atoms with Gasteiger partial charge in [0.2, 0.25) is 0 Å². The Morgan fingerprint density at radius 3 is 2.75 bits per heavy atom. The molecule has 6 heteroatoms. The number of ketones is 1. The van der Waals surface area contributed by atoms with Crippen LogP contribution in [-0.4, -0.2) is 15.7 Å². The Kier molecular flexibility index (Phi) is 5.14. The van der Waals surface area contributed by atoms with E-state index in [0.717, 1.165) is 18.2 Å². The lowest BCUT2D eigenvalue weighted by Crippen LogP contribution is -2.04. The summed E-state index contributed by atoms with van der Waals surface area (Å²) in [7, 11) is -1.63. The van der Waals surface area contributed by atoms with Crippen LogP contribution < -0.4 is 0 Å². The number of benzene rings is 1. The molecule has 0 aliphatic heterocycles. The van der Waals surface area contributed by atoms with Crippen molar-refractivity contribution >= 4 is 27.9 Å². The lowest BCUT2D eigenvalue weighted by molar-refractivity contribution is 0.0986. The Balaban J connectivity index is 1.89. The molecule has 1 aromatic heterocycles. The van der Waals surface area contributed by atoms with Gasteiger partial charge in [-0.2, -0.15) is 0 Å². The summed E-state index contributed by atoms with van der Waals surface area (Å²) >= 11 is 1.36. The minimum absolute atomic E-state index is 0.0169. The standard InChI is InChI=1S/C14H12F2O2S2/c15-10-5-6-11(16)14(9-10)20(18)8-2-3-12(17)13-4-1-7-19-13/h1,4-7,9H,2-3,8H2. The Morgan fingerprint density at radius 2 is 2.05 bits per heavy atom. The number of carbonyl (C=O) groups excluding carboxylic acids is 1. The quantitative estimate of drug-likeness (QED) is 0.760. The third-order valence-electron chi connectivity index (χ3n) is 2.67. The first kappa shape index (κ1) is 15.0. The summed E-state index contributed by atoms with van der Waals surface area (Å²) in [5.41, 5.74) is 0. The van der Waals surface area contributed by atoms with Crippen molar-refractivity contribution in [1.29, 1.82) is 0 Å². The van der Waals surface area contributed by atoms with Crippen molar-refractivity contribution in [2.24, 2.45) is 0 Å². The van der Waals surface area contributed by atoms with Crippen LogP contribution in [0.2, 0.25) is 0 Å². The predicted molar refractivity (Wildman–Crippen MR) is 75.5 cm³/mol. The van der Waals surface area contributed by atoms with E-state index < -0.39 is 22.4 Å². The summed E-state index contributed by atoms with van der Waals surface area (Å²) in [6.45, 7) is 0. The highest BCUT2D eigenvalue weighted by molar-refractivity contribution is 7.85. The van der Waals surface area contributed by atoms with Crippen LogP contribution in [0.4, 0.5) is 8.78 Å². The topological polar surface area (TPSA) is 34.1 Å². The smallest absolute Gasteiger partial charge is 0.172 e. The van der Waals surface area contributed by atoms with E-state index in [1.54, 1.807) is 12.1 Å². The van der Waals surface area contributed by atoms with Gasteiger partial charge in [0.15, 0.2) is 5.78 Å². The molecule has 0 bridgehead atoms. The summed E-state index contributed by atoms with van der Waals surface area (Å²) in [5.74, 6) is -1.19. The lowest BCUT2D eigenvalue weighted by Gasteiger charge is -2.03. The van der Waals surface area contributed by atoms with Crippen LogP contribution in [0.5, 0.6) is 0 Å². The Hall–Kier alpha value is -1.40. The largest absolute Gasteiger partial charge is 0.293 e. The van der Waals surface area contributed by atoms with Crippen molar-refractivity contribution in [2.75, 3.05) is 5.75 Å². The summed E-state index contributed by atoms with van der Waals surface area (Å²) in [5, 5.41) is 1.81. The minimum Gasteiger partial charge on any atom is -0.293 e. The van der Waals surface area contributed by atoms with E-state index in [2.05, 4.69) is 0 Å². The molecule has 0 aliphatic rings. The minimum atomic E-state index is -1.63. The second-order valence-corrected chi connectivity index (χ2v) is 6.62. The number of hydrogen-bond donors (Lipinski definition) is 0. The summed E-state index contributed by atoms with van der Waals surface area (Å²) in [4.78, 5) is 12.2. The van der Waals surface area contributed by atoms with Gasteiger partial charge in [-0.25, -0.2) is 8.78 Å². The van der Waals surface area contributed by atoms with Crippen molar-refractivity contribution in [3.05, 3.63) is 52.2 Å². The molecule has 2 aromatic rings. The lowest BCUT2D eigenvalue weighted by atomic mass is 10.2. The molecular weight excluding hydrogens is 302 g/mol. The van der Waals surface area contributed by atoms with Gasteiger partial charge in [-0.1, -0.05) is 6.07 Å². The normalized spacial score (nSPS) is 12.3. The molecule has 2 nitrogen and oxygen atoms in total. The average molecular weight is 314 g/mol. The van der Waals surface area contributed by atoms with Gasteiger partial charge in [0, 0.05) is 12.2 Å². The van der Waals surface area contributed by atoms with Crippen molar-refractivity contribution < 1.29 is 17.8 Å². The van der Waals surface area contributed by atoms with Gasteiger partial charge in [0.1, 0.15) is 11.6 Å². The third-order valence-corrected chi connectivity index (χ3v) is 5.04. The molecule has 0 spiro atoms. The number of hydrogen-bond acceptors (Lipinski definition) is 3. The zero-order valence-corrected chi connectivity index (χ0v) is 12.1. The molecule has 0 aliphatic carbocycles. The first-order chi connectivity index (χ1) is 9.58. The maximum Gasteiger partial charge on any atom is 0.172 e. The molecule has 1 atom stereocenters. The Morgan fingerprint density at radius 1 is 1.25 bits per heavy atom. The van der Waals surface area contributed by atoms with E-state index in [1.165, 1.54) is 11.3 Å². The molecule has 0 N–H and O–H groups in total. The van der Waals surface area contributed by atoms with Crippen LogP contribution >= 0.6 is 11.3 Å². The molecule has 106 valence electrons. The van der Waals surface area contributed by atoms with Crippen LogP contribution in [0.25, 0.3) is 0 Å². The van der Waals surface area contributed by atoms with Crippen molar-refractivity contribution in [2.45, 2.75) is 17.7 Å². The van der Waals surface area contributed by atoms with Gasteiger partial charge in [0.05, 0.1) is 20.6 Å². The van der Waals surface area contributed by atoms with E-state index in [4.69, 9.17) is 0 Å². The molecule has 1 unspecified atom stereocenters. The first-order valence-electron chi connectivity index (χ1n) is 5.98. The summed E-state index contributed by atoms with van der Waals surface area (Å²) < 4.78 is 38.3. The van der Waals surface area contributed by atoms with Gasteiger partial charge in [-0.3, -0.25) is 9.00 Å². The van der Waals surface area contributed by atoms with Gasteiger partial charge >= 0.3 is 0 Å². The predicted octanol–water partition coefficient (Wildman–Crippen LogP) is 3.80. The molecule has 1 heterocycles. The highest BCUT2D eigenvalue weighted by atomic mass is 32.2. The van der Waals surface area contributed by atoms with Crippen LogP contribution in [0.3, 0.4) is 0 Å². The van der Waals surface area contributed by atoms with E-state index in [0.29, 0.717) is 11.3 Å². The van der Waals surface area contributed by atoms with Crippen molar-refractivity contribution in [1.82, 2.24) is 0 Å². The number of Topliss-reactive ketones (excluding diaryl/α,β-unsaturated/α-hetero) is 1. The van der Waals surface area contributed by atoms with E-state index in [-0.39, 0.29) is 22.9 Å². The van der Waals surface area contributed by atoms with Gasteiger partial charge < -0.3 is 0 Å². The van der Waals surface area contributed by atoms with Crippen LogP contribution in [0.15, 0.2) is 40.6 Å². The van der Waals surface area contributed by atoms with Crippen LogP contribution in [-0.2, 0) is 10.8 Å². The second kappa shape index (κ2) is 6.85. The maximum atomic E-state index is 13.4. The summed E-state index contributed by atoms with van der Waals surface area (Å²) in [6.07, 6.45) is 0.627. The molecule has 0 fully saturated rings. The SMILES string of the molecule is O=C(CCCS(=O)c1cc(F)ccc1F)c1cccs1. The van der Waals surface area contributed by atoms with Crippen molar-refractivity contribution in [3.63, 3.8) is 0 Å². The highest BCUT2D eigenvalue weighted by Crippen LogP contribution is 2.17. The fourth-order valence-electron chi connectivity index (χ4n) is 1.69. The first-order valence-corrected chi connectivity index (χ1v) is 8.18. The zero-order valence-electron chi connectivity index (χ0n) is 10.5. The number of carbonyl (C=O) groups is 1. The Labute approximate surface area is 121 Å². The molecule has 0 saturated carbocycles. The Bertz CT molecular complexity index is 624. The van der Waals surface area contributed by atoms with Crippen molar-refractivity contribution in [3.8, 4) is 0 Å². The molecule has 1 aromatic carbocycles. The fourth-order valence-corrected chi connectivity index (χ4v) is 3.54. The monoisotopic (exact) mass is 314 g/mol. The maximum absolute atomic E-state index is 13.4. The number of rotatable bonds is 6. The molecule has 2 rings (SSSR count). The molecular formula is C14H12F2O2S2. The van der Waals surface area contributed by atoms with Crippen LogP contribution in [0, 0.1) is 11.6 Å². The second-order valence-electron chi connectivity index (χ2n) is 4.13. The number of thiophene rings is 1. The zero-order chi connectivity index (χ0) is 14.5. The van der Waals surface area contributed by atoms with E-state index >= 15 is 0 Å². The van der Waals surface area contributed by atoms with Gasteiger partial charge in [0.25, 0.3) is 0 Å².